The highest BCUT2D eigenvalue weighted by Gasteiger charge is 2.11. The number of thioether (sulfide) groups is 1. The molecule has 0 atom stereocenters. The van der Waals surface area contributed by atoms with E-state index in [2.05, 4.69) is 38.5 Å². The second-order valence-electron chi connectivity index (χ2n) is 5.17. The third kappa shape index (κ3) is 5.96. The molecule has 0 saturated carbocycles. The van der Waals surface area contributed by atoms with Crippen molar-refractivity contribution in [3.8, 4) is 0 Å². The Hall–Kier alpha value is -1.38. The molecule has 0 amide bonds. The molecule has 0 saturated heterocycles. The second-order valence-corrected chi connectivity index (χ2v) is 8.07. The van der Waals surface area contributed by atoms with Crippen molar-refractivity contribution in [2.24, 2.45) is 0 Å². The van der Waals surface area contributed by atoms with E-state index in [9.17, 15) is 8.42 Å². The van der Waals surface area contributed by atoms with Gasteiger partial charge in [0.1, 0.15) is 5.82 Å². The van der Waals surface area contributed by atoms with E-state index in [-0.39, 0.29) is 0 Å². The summed E-state index contributed by atoms with van der Waals surface area (Å²) in [5, 5.41) is 9.45. The molecule has 0 aliphatic rings. The predicted molar refractivity (Wildman–Crippen MR) is 93.1 cm³/mol. The number of nitrogens with one attached hydrogen (secondary N) is 1. The molecule has 2 aromatic rings. The van der Waals surface area contributed by atoms with E-state index < -0.39 is 10.0 Å². The fourth-order valence-corrected chi connectivity index (χ4v) is 3.62. The van der Waals surface area contributed by atoms with Crippen LogP contribution in [-0.4, -0.2) is 41.7 Å². The van der Waals surface area contributed by atoms with Crippen LogP contribution in [0.25, 0.3) is 0 Å². The normalized spacial score (nSPS) is 11.7. The minimum absolute atomic E-state index is 0.447. The summed E-state index contributed by atoms with van der Waals surface area (Å²) < 4.78 is 26.6. The molecule has 23 heavy (non-hydrogen) atoms. The van der Waals surface area contributed by atoms with E-state index in [0.717, 1.165) is 36.1 Å². The minimum atomic E-state index is -3.10. The van der Waals surface area contributed by atoms with Crippen LogP contribution in [0.4, 0.5) is 0 Å². The van der Waals surface area contributed by atoms with Gasteiger partial charge in [0.2, 0.25) is 10.0 Å². The molecule has 6 nitrogen and oxygen atoms in total. The van der Waals surface area contributed by atoms with E-state index in [0.29, 0.717) is 6.54 Å². The van der Waals surface area contributed by atoms with Crippen molar-refractivity contribution in [3.05, 3.63) is 41.7 Å². The summed E-state index contributed by atoms with van der Waals surface area (Å²) in [4.78, 5) is 0. The van der Waals surface area contributed by atoms with Gasteiger partial charge >= 0.3 is 0 Å². The molecule has 0 aliphatic carbocycles. The summed E-state index contributed by atoms with van der Waals surface area (Å²) in [6.07, 6.45) is 2.68. The highest BCUT2D eigenvalue weighted by atomic mass is 32.2. The molecule has 0 spiro atoms. The number of sulfonamides is 1. The standard InChI is InChI=1S/C15H22N4O2S2/c1-3-19-14(12-13-8-5-4-6-9-13)17-18-15(19)22-11-7-10-16-23(2,20)21/h4-6,8-9,16H,3,7,10-12H2,1-2H3. The van der Waals surface area contributed by atoms with Gasteiger partial charge in [0.15, 0.2) is 5.16 Å². The Kier molecular flexibility index (Phi) is 6.61. The molecule has 8 heteroatoms. The Morgan fingerprint density at radius 3 is 2.61 bits per heavy atom. The van der Waals surface area contributed by atoms with Gasteiger partial charge in [0.05, 0.1) is 6.26 Å². The first-order chi connectivity index (χ1) is 11.0. The predicted octanol–water partition coefficient (Wildman–Crippen LogP) is 1.92. The summed E-state index contributed by atoms with van der Waals surface area (Å²) in [6, 6.07) is 10.2. The monoisotopic (exact) mass is 354 g/mol. The maximum atomic E-state index is 11.0. The van der Waals surface area contributed by atoms with E-state index in [4.69, 9.17) is 0 Å². The van der Waals surface area contributed by atoms with Gasteiger partial charge in [0, 0.05) is 25.3 Å². The smallest absolute Gasteiger partial charge is 0.208 e. The maximum absolute atomic E-state index is 11.0. The van der Waals surface area contributed by atoms with E-state index in [1.165, 1.54) is 11.8 Å². The summed E-state index contributed by atoms with van der Waals surface area (Å²) >= 11 is 1.61. The quantitative estimate of drug-likeness (QED) is 0.550. The SMILES string of the molecule is CCn1c(Cc2ccccc2)nnc1SCCCNS(C)(=O)=O. The summed E-state index contributed by atoms with van der Waals surface area (Å²) in [6.45, 7) is 3.34. The van der Waals surface area contributed by atoms with Crippen LogP contribution < -0.4 is 4.72 Å². The van der Waals surface area contributed by atoms with E-state index in [1.807, 2.05) is 18.2 Å². The summed E-state index contributed by atoms with van der Waals surface area (Å²) in [5.74, 6) is 1.75. The molecule has 1 aromatic carbocycles. The molecule has 1 heterocycles. The fraction of sp³-hybridized carbons (Fsp3) is 0.467. The van der Waals surface area contributed by atoms with Gasteiger partial charge in [-0.1, -0.05) is 42.1 Å². The van der Waals surface area contributed by atoms with Crippen LogP contribution in [0, 0.1) is 0 Å². The number of benzene rings is 1. The largest absolute Gasteiger partial charge is 0.306 e. The average molecular weight is 355 g/mol. The Morgan fingerprint density at radius 2 is 1.96 bits per heavy atom. The van der Waals surface area contributed by atoms with Crippen LogP contribution in [0.2, 0.25) is 0 Å². The van der Waals surface area contributed by atoms with Gasteiger partial charge in [-0.3, -0.25) is 0 Å². The Labute approximate surface area is 141 Å². The lowest BCUT2D eigenvalue weighted by Crippen LogP contribution is -2.23. The maximum Gasteiger partial charge on any atom is 0.208 e. The molecule has 126 valence electrons. The van der Waals surface area contributed by atoms with Crippen LogP contribution >= 0.6 is 11.8 Å². The molecule has 0 radical (unpaired) electrons. The van der Waals surface area contributed by atoms with Gasteiger partial charge in [-0.25, -0.2) is 13.1 Å². The van der Waals surface area contributed by atoms with Crippen molar-refractivity contribution in [2.45, 2.75) is 31.5 Å². The zero-order valence-corrected chi connectivity index (χ0v) is 15.0. The number of hydrogen-bond donors (Lipinski definition) is 1. The van der Waals surface area contributed by atoms with Crippen molar-refractivity contribution in [2.75, 3.05) is 18.6 Å². The molecule has 1 N–H and O–H groups in total. The average Bonchev–Trinajstić information content (AvgIpc) is 2.88. The topological polar surface area (TPSA) is 76.9 Å². The lowest BCUT2D eigenvalue weighted by atomic mass is 10.1. The van der Waals surface area contributed by atoms with Crippen molar-refractivity contribution in [1.82, 2.24) is 19.5 Å². The summed E-state index contributed by atoms with van der Waals surface area (Å²) in [7, 11) is -3.10. The Balaban J connectivity index is 1.90. The highest BCUT2D eigenvalue weighted by Crippen LogP contribution is 2.19. The van der Waals surface area contributed by atoms with Crippen LogP contribution in [0.1, 0.15) is 24.7 Å². The minimum Gasteiger partial charge on any atom is -0.306 e. The van der Waals surface area contributed by atoms with Gasteiger partial charge in [0.25, 0.3) is 0 Å². The van der Waals surface area contributed by atoms with Crippen molar-refractivity contribution in [1.29, 1.82) is 0 Å². The van der Waals surface area contributed by atoms with Gasteiger partial charge in [-0.15, -0.1) is 10.2 Å². The second kappa shape index (κ2) is 8.47. The molecule has 0 aliphatic heterocycles. The number of hydrogen-bond acceptors (Lipinski definition) is 5. The van der Waals surface area contributed by atoms with Crippen molar-refractivity contribution < 1.29 is 8.42 Å². The van der Waals surface area contributed by atoms with Crippen molar-refractivity contribution in [3.63, 3.8) is 0 Å². The number of nitrogens with zero attached hydrogens (tertiary/aromatic N) is 3. The van der Waals surface area contributed by atoms with Crippen LogP contribution in [0.3, 0.4) is 0 Å². The number of aromatic nitrogens is 3. The Morgan fingerprint density at radius 1 is 1.22 bits per heavy atom. The lowest BCUT2D eigenvalue weighted by molar-refractivity contribution is 0.587. The molecule has 0 bridgehead atoms. The van der Waals surface area contributed by atoms with Crippen LogP contribution in [0.15, 0.2) is 35.5 Å². The Bertz CT molecular complexity index is 714. The highest BCUT2D eigenvalue weighted by molar-refractivity contribution is 7.99. The lowest BCUT2D eigenvalue weighted by Gasteiger charge is -2.07. The molecule has 1 aromatic heterocycles. The van der Waals surface area contributed by atoms with E-state index in [1.54, 1.807) is 11.8 Å². The third-order valence-electron chi connectivity index (χ3n) is 3.23. The van der Waals surface area contributed by atoms with Crippen LogP contribution in [0.5, 0.6) is 0 Å². The fourth-order valence-electron chi connectivity index (χ4n) is 2.15. The molecule has 0 fully saturated rings. The summed E-state index contributed by atoms with van der Waals surface area (Å²) in [5.41, 5.74) is 1.21. The first kappa shape index (κ1) is 18.0. The molecule has 0 unspecified atom stereocenters. The molecular formula is C15H22N4O2S2. The van der Waals surface area contributed by atoms with Crippen molar-refractivity contribution >= 4 is 21.8 Å². The van der Waals surface area contributed by atoms with Gasteiger partial charge in [-0.2, -0.15) is 0 Å². The first-order valence-electron chi connectivity index (χ1n) is 7.53. The first-order valence-corrected chi connectivity index (χ1v) is 10.4. The van der Waals surface area contributed by atoms with Gasteiger partial charge < -0.3 is 4.57 Å². The molecule has 2 rings (SSSR count). The molecular weight excluding hydrogens is 332 g/mol. The van der Waals surface area contributed by atoms with E-state index >= 15 is 0 Å². The zero-order valence-electron chi connectivity index (χ0n) is 13.4. The number of rotatable bonds is 9. The van der Waals surface area contributed by atoms with Gasteiger partial charge in [-0.05, 0) is 18.9 Å². The third-order valence-corrected chi connectivity index (χ3v) is 5.01. The van der Waals surface area contributed by atoms with Crippen LogP contribution in [-0.2, 0) is 23.0 Å². The zero-order chi connectivity index (χ0) is 16.7.